The summed E-state index contributed by atoms with van der Waals surface area (Å²) in [5.74, 6) is 1.23. The molecule has 0 amide bonds. The van der Waals surface area contributed by atoms with Gasteiger partial charge in [-0.1, -0.05) is 11.6 Å². The molecule has 0 radical (unpaired) electrons. The number of aromatic nitrogens is 3. The standard InChI is InChI=1S/C19H15BrClFN4O/c1-19(2,27-16-7-4-11(10-23)8-14(16)20)18-25-24-17(26(18)3)13-6-5-12(22)9-15(13)21/h4-9H,1-3H3. The van der Waals surface area contributed by atoms with Crippen molar-refractivity contribution in [3.63, 3.8) is 0 Å². The van der Waals surface area contributed by atoms with E-state index in [1.165, 1.54) is 12.1 Å². The van der Waals surface area contributed by atoms with E-state index in [4.69, 9.17) is 21.6 Å². The SMILES string of the molecule is Cn1c(-c2ccc(F)cc2Cl)nnc1C(C)(C)Oc1ccc(C#N)cc1Br. The lowest BCUT2D eigenvalue weighted by atomic mass is 10.1. The molecule has 0 unspecified atom stereocenters. The Morgan fingerprint density at radius 2 is 1.96 bits per heavy atom. The van der Waals surface area contributed by atoms with Crippen LogP contribution in [0.4, 0.5) is 4.39 Å². The average molecular weight is 450 g/mol. The van der Waals surface area contributed by atoms with Gasteiger partial charge in [0.25, 0.3) is 0 Å². The van der Waals surface area contributed by atoms with Gasteiger partial charge < -0.3 is 9.30 Å². The molecule has 27 heavy (non-hydrogen) atoms. The predicted octanol–water partition coefficient (Wildman–Crippen LogP) is 5.22. The Balaban J connectivity index is 1.96. The molecule has 0 N–H and O–H groups in total. The molecule has 3 aromatic rings. The fourth-order valence-corrected chi connectivity index (χ4v) is 3.44. The smallest absolute Gasteiger partial charge is 0.176 e. The van der Waals surface area contributed by atoms with E-state index in [9.17, 15) is 4.39 Å². The van der Waals surface area contributed by atoms with E-state index in [2.05, 4.69) is 32.2 Å². The van der Waals surface area contributed by atoms with Crippen molar-refractivity contribution >= 4 is 27.5 Å². The Hall–Kier alpha value is -2.43. The van der Waals surface area contributed by atoms with Crippen molar-refractivity contribution in [1.82, 2.24) is 14.8 Å². The average Bonchev–Trinajstić information content (AvgIpc) is 2.99. The van der Waals surface area contributed by atoms with Crippen LogP contribution >= 0.6 is 27.5 Å². The molecule has 8 heteroatoms. The Morgan fingerprint density at radius 3 is 2.59 bits per heavy atom. The molecule has 5 nitrogen and oxygen atoms in total. The van der Waals surface area contributed by atoms with Crippen LogP contribution in [-0.4, -0.2) is 14.8 Å². The molecule has 0 aliphatic carbocycles. The van der Waals surface area contributed by atoms with Gasteiger partial charge in [0.1, 0.15) is 11.6 Å². The maximum Gasteiger partial charge on any atom is 0.176 e. The van der Waals surface area contributed by atoms with Gasteiger partial charge >= 0.3 is 0 Å². The van der Waals surface area contributed by atoms with E-state index < -0.39 is 11.4 Å². The molecule has 0 saturated heterocycles. The van der Waals surface area contributed by atoms with Crippen LogP contribution in [0.25, 0.3) is 11.4 Å². The molecule has 1 aromatic heterocycles. The normalized spacial score (nSPS) is 11.3. The summed E-state index contributed by atoms with van der Waals surface area (Å²) in [6, 6.07) is 11.3. The topological polar surface area (TPSA) is 63.7 Å². The molecule has 0 atom stereocenters. The molecule has 0 bridgehead atoms. The molecule has 0 aliphatic rings. The van der Waals surface area contributed by atoms with Crippen molar-refractivity contribution in [2.24, 2.45) is 7.05 Å². The van der Waals surface area contributed by atoms with E-state index in [1.54, 1.807) is 35.9 Å². The van der Waals surface area contributed by atoms with Gasteiger partial charge in [-0.25, -0.2) is 4.39 Å². The van der Waals surface area contributed by atoms with E-state index in [0.29, 0.717) is 33.0 Å². The minimum atomic E-state index is -0.830. The Labute approximate surface area is 169 Å². The molecule has 0 saturated carbocycles. The number of ether oxygens (including phenoxy) is 1. The van der Waals surface area contributed by atoms with E-state index in [-0.39, 0.29) is 5.02 Å². The van der Waals surface area contributed by atoms with Gasteiger partial charge in [0.15, 0.2) is 17.2 Å². The van der Waals surface area contributed by atoms with Gasteiger partial charge in [-0.3, -0.25) is 0 Å². The Morgan fingerprint density at radius 1 is 1.22 bits per heavy atom. The van der Waals surface area contributed by atoms with Gasteiger partial charge in [-0.2, -0.15) is 5.26 Å². The maximum atomic E-state index is 13.3. The van der Waals surface area contributed by atoms with Crippen molar-refractivity contribution in [2.75, 3.05) is 0 Å². The fourth-order valence-electron chi connectivity index (χ4n) is 2.73. The lowest BCUT2D eigenvalue weighted by Crippen LogP contribution is -2.29. The van der Waals surface area contributed by atoms with Gasteiger partial charge in [0, 0.05) is 12.6 Å². The number of benzene rings is 2. The molecule has 0 aliphatic heterocycles. The summed E-state index contributed by atoms with van der Waals surface area (Å²) in [5, 5.41) is 17.7. The van der Waals surface area contributed by atoms with Crippen LogP contribution in [0.15, 0.2) is 40.9 Å². The highest BCUT2D eigenvalue weighted by molar-refractivity contribution is 9.10. The van der Waals surface area contributed by atoms with Crippen LogP contribution in [0.3, 0.4) is 0 Å². The van der Waals surface area contributed by atoms with Gasteiger partial charge in [-0.05, 0) is 66.2 Å². The van der Waals surface area contributed by atoms with Crippen LogP contribution in [0.5, 0.6) is 5.75 Å². The Kier molecular flexibility index (Phi) is 5.22. The molecule has 138 valence electrons. The third kappa shape index (κ3) is 3.82. The number of nitrogens with zero attached hydrogens (tertiary/aromatic N) is 4. The molecular formula is C19H15BrClFN4O. The summed E-state index contributed by atoms with van der Waals surface area (Å²) in [5.41, 5.74) is 0.275. The summed E-state index contributed by atoms with van der Waals surface area (Å²) in [6.45, 7) is 3.72. The van der Waals surface area contributed by atoms with Crippen molar-refractivity contribution in [2.45, 2.75) is 19.4 Å². The minimum absolute atomic E-state index is 0.255. The lowest BCUT2D eigenvalue weighted by molar-refractivity contribution is 0.0940. The number of hydrogen-bond donors (Lipinski definition) is 0. The molecular weight excluding hydrogens is 435 g/mol. The van der Waals surface area contributed by atoms with Crippen LogP contribution < -0.4 is 4.74 Å². The fraction of sp³-hybridized carbons (Fsp3) is 0.211. The van der Waals surface area contributed by atoms with E-state index in [1.807, 2.05) is 13.8 Å². The second-order valence-electron chi connectivity index (χ2n) is 6.40. The number of hydrogen-bond acceptors (Lipinski definition) is 4. The predicted molar refractivity (Wildman–Crippen MR) is 104 cm³/mol. The summed E-state index contributed by atoms with van der Waals surface area (Å²) in [7, 11) is 1.79. The van der Waals surface area contributed by atoms with Crippen molar-refractivity contribution in [3.05, 3.63) is 63.1 Å². The number of rotatable bonds is 4. The zero-order valence-electron chi connectivity index (χ0n) is 14.8. The zero-order valence-corrected chi connectivity index (χ0v) is 17.1. The molecule has 3 rings (SSSR count). The van der Waals surface area contributed by atoms with Gasteiger partial charge in [-0.15, -0.1) is 10.2 Å². The first-order valence-electron chi connectivity index (χ1n) is 7.97. The van der Waals surface area contributed by atoms with Crippen molar-refractivity contribution in [1.29, 1.82) is 5.26 Å². The monoisotopic (exact) mass is 448 g/mol. The largest absolute Gasteiger partial charge is 0.479 e. The van der Waals surface area contributed by atoms with Crippen LogP contribution in [0, 0.1) is 17.1 Å². The summed E-state index contributed by atoms with van der Waals surface area (Å²) >= 11 is 9.57. The van der Waals surface area contributed by atoms with Crippen LogP contribution in [0.1, 0.15) is 25.2 Å². The van der Waals surface area contributed by atoms with Crippen molar-refractivity contribution < 1.29 is 9.13 Å². The molecule has 0 spiro atoms. The van der Waals surface area contributed by atoms with E-state index >= 15 is 0 Å². The molecule has 1 heterocycles. The summed E-state index contributed by atoms with van der Waals surface area (Å²) < 4.78 is 21.9. The second kappa shape index (κ2) is 7.29. The maximum absolute atomic E-state index is 13.3. The highest BCUT2D eigenvalue weighted by Gasteiger charge is 2.31. The molecule has 0 fully saturated rings. The number of nitriles is 1. The van der Waals surface area contributed by atoms with Gasteiger partial charge in [0.05, 0.1) is 21.1 Å². The quantitative estimate of drug-likeness (QED) is 0.547. The lowest BCUT2D eigenvalue weighted by Gasteiger charge is -2.26. The summed E-state index contributed by atoms with van der Waals surface area (Å²) in [6.07, 6.45) is 0. The molecule has 2 aromatic carbocycles. The van der Waals surface area contributed by atoms with Gasteiger partial charge in [0.2, 0.25) is 0 Å². The zero-order chi connectivity index (χ0) is 19.8. The third-order valence-corrected chi connectivity index (χ3v) is 4.94. The van der Waals surface area contributed by atoms with Crippen molar-refractivity contribution in [3.8, 4) is 23.2 Å². The number of halogens is 3. The highest BCUT2D eigenvalue weighted by atomic mass is 79.9. The van der Waals surface area contributed by atoms with Crippen LogP contribution in [-0.2, 0) is 12.6 Å². The Bertz CT molecular complexity index is 1060. The second-order valence-corrected chi connectivity index (χ2v) is 7.66. The third-order valence-electron chi connectivity index (χ3n) is 4.01. The first-order chi connectivity index (χ1) is 12.7. The highest BCUT2D eigenvalue weighted by Crippen LogP contribution is 2.34. The van der Waals surface area contributed by atoms with Crippen LogP contribution in [0.2, 0.25) is 5.02 Å². The first-order valence-corrected chi connectivity index (χ1v) is 9.14. The minimum Gasteiger partial charge on any atom is -0.479 e. The van der Waals surface area contributed by atoms with E-state index in [0.717, 1.165) is 0 Å². The first kappa shape index (κ1) is 19.3. The summed E-state index contributed by atoms with van der Waals surface area (Å²) in [4.78, 5) is 0.